The van der Waals surface area contributed by atoms with Crippen molar-refractivity contribution < 1.29 is 21.6 Å². The number of benzene rings is 3. The van der Waals surface area contributed by atoms with Gasteiger partial charge < -0.3 is 5.32 Å². The summed E-state index contributed by atoms with van der Waals surface area (Å²) in [6.07, 6.45) is 3.80. The second-order valence-corrected chi connectivity index (χ2v) is 13.6. The molecule has 1 heterocycles. The molecule has 1 fully saturated rings. The highest BCUT2D eigenvalue weighted by Gasteiger charge is 2.26. The molecule has 3 aromatic rings. The van der Waals surface area contributed by atoms with Gasteiger partial charge >= 0.3 is 0 Å². The maximum atomic E-state index is 12.8. The maximum Gasteiger partial charge on any atom is 0.255 e. The fraction of sp³-hybridized carbons (Fsp3) is 0.269. The van der Waals surface area contributed by atoms with E-state index in [4.69, 9.17) is 23.2 Å². The highest BCUT2D eigenvalue weighted by atomic mass is 35.5. The summed E-state index contributed by atoms with van der Waals surface area (Å²) in [5.74, 6) is -0.428. The largest absolute Gasteiger partial charge is 0.322 e. The Morgan fingerprint density at radius 1 is 0.868 bits per heavy atom. The Morgan fingerprint density at radius 3 is 2.00 bits per heavy atom. The minimum atomic E-state index is -3.69. The van der Waals surface area contributed by atoms with Crippen molar-refractivity contribution in [1.82, 2.24) is 4.31 Å². The third-order valence-corrected chi connectivity index (χ3v) is 10.0. The van der Waals surface area contributed by atoms with Crippen LogP contribution in [-0.2, 0) is 26.6 Å². The van der Waals surface area contributed by atoms with Gasteiger partial charge in [0.2, 0.25) is 20.0 Å². The number of anilines is 2. The average Bonchev–Trinajstić information content (AvgIpc) is 2.89. The first-order valence-corrected chi connectivity index (χ1v) is 15.9. The number of carbonyl (C=O) groups is 1. The van der Waals surface area contributed by atoms with Gasteiger partial charge in [0.05, 0.1) is 23.4 Å². The fourth-order valence-electron chi connectivity index (χ4n) is 4.17. The first-order valence-electron chi connectivity index (χ1n) is 11.9. The minimum Gasteiger partial charge on any atom is -0.322 e. The first-order chi connectivity index (χ1) is 18.0. The highest BCUT2D eigenvalue weighted by Crippen LogP contribution is 2.29. The van der Waals surface area contributed by atoms with Crippen molar-refractivity contribution in [3.63, 3.8) is 0 Å². The van der Waals surface area contributed by atoms with E-state index in [9.17, 15) is 21.6 Å². The van der Waals surface area contributed by atoms with Gasteiger partial charge in [-0.25, -0.2) is 16.8 Å². The lowest BCUT2D eigenvalue weighted by Crippen LogP contribution is -2.35. The van der Waals surface area contributed by atoms with Crippen LogP contribution in [0.25, 0.3) is 0 Å². The molecule has 0 bridgehead atoms. The van der Waals surface area contributed by atoms with E-state index < -0.39 is 26.0 Å². The molecule has 8 nitrogen and oxygen atoms in total. The van der Waals surface area contributed by atoms with Gasteiger partial charge in [0.25, 0.3) is 5.91 Å². The van der Waals surface area contributed by atoms with Crippen LogP contribution in [0.1, 0.15) is 35.2 Å². The van der Waals surface area contributed by atoms with Gasteiger partial charge in [-0.1, -0.05) is 35.7 Å². The summed E-state index contributed by atoms with van der Waals surface area (Å²) in [5, 5.41) is 3.42. The molecule has 0 spiro atoms. The first kappa shape index (κ1) is 28.4. The van der Waals surface area contributed by atoms with E-state index in [-0.39, 0.29) is 11.4 Å². The van der Waals surface area contributed by atoms with Crippen LogP contribution < -0.4 is 9.62 Å². The summed E-state index contributed by atoms with van der Waals surface area (Å²) in [6.45, 7) is 0.952. The molecule has 0 atom stereocenters. The summed E-state index contributed by atoms with van der Waals surface area (Å²) in [7, 11) is -7.26. The van der Waals surface area contributed by atoms with E-state index >= 15 is 0 Å². The second kappa shape index (κ2) is 11.6. The van der Waals surface area contributed by atoms with Crippen molar-refractivity contribution >= 4 is 60.5 Å². The maximum absolute atomic E-state index is 12.8. The van der Waals surface area contributed by atoms with Gasteiger partial charge in [-0.3, -0.25) is 9.10 Å². The summed E-state index contributed by atoms with van der Waals surface area (Å²) >= 11 is 12.5. The lowest BCUT2D eigenvalue weighted by molar-refractivity contribution is 0.102. The topological polar surface area (TPSA) is 104 Å². The molecule has 4 rings (SSSR count). The van der Waals surface area contributed by atoms with E-state index in [2.05, 4.69) is 5.32 Å². The zero-order valence-electron chi connectivity index (χ0n) is 20.6. The molecule has 0 saturated carbocycles. The molecule has 1 saturated heterocycles. The van der Waals surface area contributed by atoms with Crippen LogP contribution in [-0.4, -0.2) is 46.4 Å². The monoisotopic (exact) mass is 595 g/mol. The van der Waals surface area contributed by atoms with Gasteiger partial charge in [0.1, 0.15) is 0 Å². The standard InChI is InChI=1S/C26H27Cl2N3O5S2/c1-37(33,34)31(18-23-24(27)6-5-7-25(23)28)21-12-8-19(9-13-21)26(32)29-20-10-14-22(15-11-20)38(35,36)30-16-3-2-4-17-30/h5-15H,2-4,16-18H2,1H3,(H,29,32). The number of nitrogens with zero attached hydrogens (tertiary/aromatic N) is 2. The zero-order valence-corrected chi connectivity index (χ0v) is 23.7. The summed E-state index contributed by atoms with van der Waals surface area (Å²) < 4.78 is 53.4. The Morgan fingerprint density at radius 2 is 1.45 bits per heavy atom. The average molecular weight is 597 g/mol. The van der Waals surface area contributed by atoms with E-state index in [1.807, 2.05) is 0 Å². The van der Waals surface area contributed by atoms with Crippen LogP contribution in [0.15, 0.2) is 71.6 Å². The van der Waals surface area contributed by atoms with E-state index in [1.165, 1.54) is 40.7 Å². The Balaban J connectivity index is 1.47. The smallest absolute Gasteiger partial charge is 0.255 e. The molecule has 0 unspecified atom stereocenters. The normalized spacial score (nSPS) is 14.7. The van der Waals surface area contributed by atoms with Crippen molar-refractivity contribution in [3.8, 4) is 0 Å². The Labute approximate surface area is 233 Å². The molecule has 1 N–H and O–H groups in total. The van der Waals surface area contributed by atoms with E-state index in [0.29, 0.717) is 45.6 Å². The fourth-order valence-corrected chi connectivity index (χ4v) is 7.08. The molecular formula is C26H27Cl2N3O5S2. The molecule has 1 aliphatic heterocycles. The summed E-state index contributed by atoms with van der Waals surface area (Å²) in [6, 6.07) is 17.0. The van der Waals surface area contributed by atoms with Gasteiger partial charge in [0, 0.05) is 39.9 Å². The number of sulfonamides is 2. The molecule has 1 amide bonds. The van der Waals surface area contributed by atoms with Crippen molar-refractivity contribution in [1.29, 1.82) is 0 Å². The molecule has 1 aliphatic rings. The molecule has 0 radical (unpaired) electrons. The lowest BCUT2D eigenvalue weighted by atomic mass is 10.1. The number of hydrogen-bond donors (Lipinski definition) is 1. The van der Waals surface area contributed by atoms with Gasteiger partial charge in [-0.15, -0.1) is 0 Å². The van der Waals surface area contributed by atoms with Crippen molar-refractivity contribution in [2.75, 3.05) is 29.0 Å². The molecule has 12 heteroatoms. The molecule has 0 aliphatic carbocycles. The predicted molar refractivity (Wildman–Crippen MR) is 151 cm³/mol. The van der Waals surface area contributed by atoms with E-state index in [0.717, 1.165) is 29.8 Å². The van der Waals surface area contributed by atoms with E-state index in [1.54, 1.807) is 30.3 Å². The molecular weight excluding hydrogens is 569 g/mol. The third kappa shape index (κ3) is 6.50. The number of nitrogens with one attached hydrogen (secondary N) is 1. The third-order valence-electron chi connectivity index (χ3n) is 6.25. The molecule has 0 aromatic heterocycles. The predicted octanol–water partition coefficient (Wildman–Crippen LogP) is 5.39. The van der Waals surface area contributed by atoms with Gasteiger partial charge in [0.15, 0.2) is 0 Å². The minimum absolute atomic E-state index is 0.0738. The summed E-state index contributed by atoms with van der Waals surface area (Å²) in [4.78, 5) is 13.0. The number of carbonyl (C=O) groups excluding carboxylic acids is 1. The number of piperidine rings is 1. The Kier molecular flexibility index (Phi) is 8.68. The van der Waals surface area contributed by atoms with Crippen LogP contribution in [0.4, 0.5) is 11.4 Å². The SMILES string of the molecule is CS(=O)(=O)N(Cc1c(Cl)cccc1Cl)c1ccc(C(=O)Nc2ccc(S(=O)(=O)N3CCCCC3)cc2)cc1. The Bertz CT molecular complexity index is 1500. The Hall–Kier alpha value is -2.63. The number of amides is 1. The number of rotatable bonds is 8. The zero-order chi connectivity index (χ0) is 27.5. The van der Waals surface area contributed by atoms with Gasteiger partial charge in [-0.05, 0) is 73.5 Å². The van der Waals surface area contributed by atoms with Crippen LogP contribution in [0.5, 0.6) is 0 Å². The summed E-state index contributed by atoms with van der Waals surface area (Å²) in [5.41, 5.74) is 1.53. The second-order valence-electron chi connectivity index (χ2n) is 8.96. The number of halogens is 2. The van der Waals surface area contributed by atoms with Crippen LogP contribution in [0, 0.1) is 0 Å². The number of hydrogen-bond acceptors (Lipinski definition) is 5. The van der Waals surface area contributed by atoms with Crippen molar-refractivity contribution in [2.24, 2.45) is 0 Å². The van der Waals surface area contributed by atoms with Gasteiger partial charge in [-0.2, -0.15) is 4.31 Å². The molecule has 38 heavy (non-hydrogen) atoms. The quantitative estimate of drug-likeness (QED) is 0.376. The molecule has 3 aromatic carbocycles. The van der Waals surface area contributed by atoms with Crippen LogP contribution in [0.3, 0.4) is 0 Å². The lowest BCUT2D eigenvalue weighted by Gasteiger charge is -2.25. The van der Waals surface area contributed by atoms with Crippen LogP contribution in [0.2, 0.25) is 10.0 Å². The molecule has 202 valence electrons. The van der Waals surface area contributed by atoms with Crippen LogP contribution >= 0.6 is 23.2 Å². The van der Waals surface area contributed by atoms with Crippen molar-refractivity contribution in [2.45, 2.75) is 30.7 Å². The van der Waals surface area contributed by atoms with Crippen molar-refractivity contribution in [3.05, 3.63) is 87.9 Å². The highest BCUT2D eigenvalue weighted by molar-refractivity contribution is 7.92.